The van der Waals surface area contributed by atoms with Crippen molar-refractivity contribution in [3.05, 3.63) is 21.9 Å². The van der Waals surface area contributed by atoms with E-state index in [9.17, 15) is 9.90 Å². The van der Waals surface area contributed by atoms with E-state index in [4.69, 9.17) is 5.11 Å². The first-order valence-electron chi connectivity index (χ1n) is 5.87. The number of piperidine rings is 1. The van der Waals surface area contributed by atoms with Crippen LogP contribution >= 0.6 is 11.3 Å². The molecule has 2 heterocycles. The summed E-state index contributed by atoms with van der Waals surface area (Å²) in [5, 5.41) is 19.9. The van der Waals surface area contributed by atoms with Crippen LogP contribution in [0, 0.1) is 11.8 Å². The van der Waals surface area contributed by atoms with Crippen LogP contribution in [0.5, 0.6) is 0 Å². The van der Waals surface area contributed by atoms with Crippen LogP contribution in [0.2, 0.25) is 0 Å². The standard InChI is InChI=1S/C13H15NO3S/c15-8-1-2-10-5-9-18-12(10)13(17)14-6-3-11(16)4-7-14/h5,9,11,15-16H,3-4,6-8H2. The highest BCUT2D eigenvalue weighted by molar-refractivity contribution is 7.12. The van der Waals surface area contributed by atoms with Crippen LogP contribution in [-0.2, 0) is 0 Å². The predicted molar refractivity (Wildman–Crippen MR) is 69.4 cm³/mol. The van der Waals surface area contributed by atoms with E-state index in [1.54, 1.807) is 11.0 Å². The summed E-state index contributed by atoms with van der Waals surface area (Å²) in [6.45, 7) is 0.967. The number of nitrogens with zero attached hydrogens (tertiary/aromatic N) is 1. The lowest BCUT2D eigenvalue weighted by molar-refractivity contribution is 0.0550. The summed E-state index contributed by atoms with van der Waals surface area (Å²) >= 11 is 1.36. The summed E-state index contributed by atoms with van der Waals surface area (Å²) < 4.78 is 0. The number of carbonyl (C=O) groups excluding carboxylic acids is 1. The van der Waals surface area contributed by atoms with Crippen LogP contribution in [0.1, 0.15) is 28.1 Å². The van der Waals surface area contributed by atoms with Gasteiger partial charge in [0.2, 0.25) is 0 Å². The minimum absolute atomic E-state index is 0.0286. The van der Waals surface area contributed by atoms with Crippen LogP contribution < -0.4 is 0 Å². The molecule has 5 heteroatoms. The summed E-state index contributed by atoms with van der Waals surface area (Å²) in [7, 11) is 0. The second kappa shape index (κ2) is 6.01. The van der Waals surface area contributed by atoms with Gasteiger partial charge in [-0.2, -0.15) is 0 Å². The number of likely N-dealkylation sites (tertiary alicyclic amines) is 1. The Hall–Kier alpha value is -1.35. The second-order valence-electron chi connectivity index (χ2n) is 4.15. The predicted octanol–water partition coefficient (Wildman–Crippen LogP) is 0.689. The Morgan fingerprint density at radius 1 is 1.50 bits per heavy atom. The Labute approximate surface area is 110 Å². The fourth-order valence-electron chi connectivity index (χ4n) is 1.92. The molecule has 0 bridgehead atoms. The molecule has 1 saturated heterocycles. The SMILES string of the molecule is O=C(c1sccc1C#CCO)N1CCC(O)CC1. The van der Waals surface area contributed by atoms with Crippen molar-refractivity contribution in [2.75, 3.05) is 19.7 Å². The van der Waals surface area contributed by atoms with Crippen LogP contribution in [-0.4, -0.2) is 46.8 Å². The zero-order valence-electron chi connectivity index (χ0n) is 9.93. The van der Waals surface area contributed by atoms with Gasteiger partial charge >= 0.3 is 0 Å². The zero-order chi connectivity index (χ0) is 13.0. The van der Waals surface area contributed by atoms with Gasteiger partial charge < -0.3 is 15.1 Å². The van der Waals surface area contributed by atoms with Gasteiger partial charge in [-0.1, -0.05) is 11.8 Å². The van der Waals surface area contributed by atoms with Gasteiger partial charge in [0.05, 0.1) is 6.10 Å². The number of rotatable bonds is 1. The van der Waals surface area contributed by atoms with Crippen LogP contribution in [0.4, 0.5) is 0 Å². The summed E-state index contributed by atoms with van der Waals surface area (Å²) in [4.78, 5) is 14.6. The number of hydrogen-bond donors (Lipinski definition) is 2. The van der Waals surface area contributed by atoms with E-state index in [2.05, 4.69) is 11.8 Å². The normalized spacial score (nSPS) is 16.2. The molecule has 4 nitrogen and oxygen atoms in total. The molecule has 96 valence electrons. The van der Waals surface area contributed by atoms with Crippen molar-refractivity contribution in [1.82, 2.24) is 4.90 Å². The van der Waals surface area contributed by atoms with Gasteiger partial charge in [-0.25, -0.2) is 0 Å². The lowest BCUT2D eigenvalue weighted by Crippen LogP contribution is -2.39. The van der Waals surface area contributed by atoms with Gasteiger partial charge in [0.15, 0.2) is 0 Å². The van der Waals surface area contributed by atoms with Gasteiger partial charge in [0.1, 0.15) is 11.5 Å². The molecule has 1 aliphatic heterocycles. The Bertz CT molecular complexity index is 478. The highest BCUT2D eigenvalue weighted by Gasteiger charge is 2.24. The minimum atomic E-state index is -0.286. The van der Waals surface area contributed by atoms with Crippen molar-refractivity contribution in [3.63, 3.8) is 0 Å². The fraction of sp³-hybridized carbons (Fsp3) is 0.462. The second-order valence-corrected chi connectivity index (χ2v) is 5.06. The fourth-order valence-corrected chi connectivity index (χ4v) is 2.74. The third-order valence-electron chi connectivity index (χ3n) is 2.91. The molecular weight excluding hydrogens is 250 g/mol. The van der Waals surface area contributed by atoms with Crippen LogP contribution in [0.15, 0.2) is 11.4 Å². The summed E-state index contributed by atoms with van der Waals surface area (Å²) in [5.41, 5.74) is 0.671. The third-order valence-corrected chi connectivity index (χ3v) is 3.82. The number of hydrogen-bond acceptors (Lipinski definition) is 4. The molecule has 18 heavy (non-hydrogen) atoms. The van der Waals surface area contributed by atoms with E-state index in [0.717, 1.165) is 0 Å². The molecule has 0 aliphatic carbocycles. The molecule has 0 saturated carbocycles. The lowest BCUT2D eigenvalue weighted by atomic mass is 10.1. The van der Waals surface area contributed by atoms with Gasteiger partial charge in [-0.05, 0) is 24.3 Å². The average Bonchev–Trinajstić information content (AvgIpc) is 2.84. The molecule has 0 radical (unpaired) electrons. The summed E-state index contributed by atoms with van der Waals surface area (Å²) in [6.07, 6.45) is 0.981. The number of amides is 1. The van der Waals surface area contributed by atoms with Crippen molar-refractivity contribution >= 4 is 17.2 Å². The Morgan fingerprint density at radius 2 is 2.22 bits per heavy atom. The average molecular weight is 265 g/mol. The minimum Gasteiger partial charge on any atom is -0.393 e. The molecule has 2 rings (SSSR count). The highest BCUT2D eigenvalue weighted by atomic mass is 32.1. The molecule has 0 atom stereocenters. The van der Waals surface area contributed by atoms with Crippen molar-refractivity contribution in [3.8, 4) is 11.8 Å². The molecule has 0 spiro atoms. The highest BCUT2D eigenvalue weighted by Crippen LogP contribution is 2.20. The summed E-state index contributed by atoms with van der Waals surface area (Å²) in [5.74, 6) is 5.31. The molecule has 2 N–H and O–H groups in total. The molecule has 1 fully saturated rings. The van der Waals surface area contributed by atoms with E-state index >= 15 is 0 Å². The maximum absolute atomic E-state index is 12.3. The van der Waals surface area contributed by atoms with E-state index in [1.807, 2.05) is 5.38 Å². The van der Waals surface area contributed by atoms with E-state index in [0.29, 0.717) is 36.4 Å². The van der Waals surface area contributed by atoms with Gasteiger partial charge in [-0.3, -0.25) is 4.79 Å². The molecule has 0 aromatic carbocycles. The van der Waals surface area contributed by atoms with Crippen molar-refractivity contribution < 1.29 is 15.0 Å². The first-order chi connectivity index (χ1) is 8.72. The van der Waals surface area contributed by atoms with E-state index in [-0.39, 0.29) is 18.6 Å². The van der Waals surface area contributed by atoms with Gasteiger partial charge in [0, 0.05) is 18.7 Å². The van der Waals surface area contributed by atoms with Crippen molar-refractivity contribution in [2.45, 2.75) is 18.9 Å². The monoisotopic (exact) mass is 265 g/mol. The number of carbonyl (C=O) groups is 1. The van der Waals surface area contributed by atoms with Gasteiger partial charge in [-0.15, -0.1) is 11.3 Å². The largest absolute Gasteiger partial charge is 0.393 e. The molecule has 1 amide bonds. The van der Waals surface area contributed by atoms with Crippen molar-refractivity contribution in [2.24, 2.45) is 0 Å². The van der Waals surface area contributed by atoms with Gasteiger partial charge in [0.25, 0.3) is 5.91 Å². The maximum Gasteiger partial charge on any atom is 0.265 e. The smallest absolute Gasteiger partial charge is 0.265 e. The summed E-state index contributed by atoms with van der Waals surface area (Å²) in [6, 6.07) is 1.79. The van der Waals surface area contributed by atoms with Crippen LogP contribution in [0.25, 0.3) is 0 Å². The molecular formula is C13H15NO3S. The Morgan fingerprint density at radius 3 is 2.89 bits per heavy atom. The number of aliphatic hydroxyl groups is 2. The maximum atomic E-state index is 12.3. The first-order valence-corrected chi connectivity index (χ1v) is 6.75. The lowest BCUT2D eigenvalue weighted by Gasteiger charge is -2.29. The number of thiophene rings is 1. The van der Waals surface area contributed by atoms with Crippen LogP contribution in [0.3, 0.4) is 0 Å². The molecule has 1 aromatic rings. The molecule has 0 unspecified atom stereocenters. The zero-order valence-corrected chi connectivity index (χ0v) is 10.7. The van der Waals surface area contributed by atoms with E-state index in [1.165, 1.54) is 11.3 Å². The van der Waals surface area contributed by atoms with E-state index < -0.39 is 0 Å². The first kappa shape index (κ1) is 13.1. The number of aliphatic hydroxyl groups excluding tert-OH is 2. The third kappa shape index (κ3) is 2.91. The Balaban J connectivity index is 2.11. The molecule has 1 aromatic heterocycles. The Kier molecular flexibility index (Phi) is 4.37. The molecule has 1 aliphatic rings. The topological polar surface area (TPSA) is 60.8 Å². The van der Waals surface area contributed by atoms with Crippen molar-refractivity contribution in [1.29, 1.82) is 0 Å². The quantitative estimate of drug-likeness (QED) is 0.734.